The number of rotatable bonds is 11. The van der Waals surface area contributed by atoms with E-state index in [1.807, 2.05) is 18.2 Å². The van der Waals surface area contributed by atoms with Crippen molar-refractivity contribution < 1.29 is 29.1 Å². The lowest BCUT2D eigenvalue weighted by molar-refractivity contribution is -0.124. The van der Waals surface area contributed by atoms with Crippen molar-refractivity contribution in [3.8, 4) is 5.75 Å². The van der Waals surface area contributed by atoms with E-state index in [0.717, 1.165) is 0 Å². The van der Waals surface area contributed by atoms with Gasteiger partial charge in [0.25, 0.3) is 5.91 Å². The van der Waals surface area contributed by atoms with Crippen molar-refractivity contribution in [1.82, 2.24) is 20.6 Å². The predicted molar refractivity (Wildman–Crippen MR) is 104 cm³/mol. The summed E-state index contributed by atoms with van der Waals surface area (Å²) < 4.78 is 10.5. The van der Waals surface area contributed by atoms with Crippen LogP contribution in [0.5, 0.6) is 5.75 Å². The van der Waals surface area contributed by atoms with E-state index in [9.17, 15) is 19.6 Å². The molecule has 2 rings (SSSR count). The molecule has 0 radical (unpaired) electrons. The zero-order chi connectivity index (χ0) is 21.1. The molecule has 2 atom stereocenters. The SMILES string of the molecule is COCC(NC(=O)c1cnccn1)C(=O)NC(CCOc1ccccc1)B(O)O. The smallest absolute Gasteiger partial charge is 0.475 e. The van der Waals surface area contributed by atoms with Gasteiger partial charge in [-0.3, -0.25) is 14.6 Å². The van der Waals surface area contributed by atoms with Crippen LogP contribution in [0.1, 0.15) is 16.9 Å². The Hall–Kier alpha value is -3.02. The van der Waals surface area contributed by atoms with Crippen molar-refractivity contribution in [3.05, 3.63) is 54.6 Å². The van der Waals surface area contributed by atoms with Crippen LogP contribution in [0.4, 0.5) is 0 Å². The number of amides is 2. The Labute approximate surface area is 168 Å². The minimum Gasteiger partial charge on any atom is -0.494 e. The average molecular weight is 402 g/mol. The molecule has 0 fully saturated rings. The van der Waals surface area contributed by atoms with Gasteiger partial charge in [0.05, 0.1) is 25.4 Å². The van der Waals surface area contributed by atoms with Gasteiger partial charge in [0.15, 0.2) is 0 Å². The molecular formula is C18H23BN4O6. The summed E-state index contributed by atoms with van der Waals surface area (Å²) in [6, 6.07) is 7.93. The normalized spacial score (nSPS) is 12.5. The third-order valence-electron chi connectivity index (χ3n) is 3.88. The first kappa shape index (κ1) is 22.3. The molecule has 2 unspecified atom stereocenters. The molecular weight excluding hydrogens is 379 g/mol. The van der Waals surface area contributed by atoms with Crippen molar-refractivity contribution >= 4 is 18.9 Å². The summed E-state index contributed by atoms with van der Waals surface area (Å²) in [5.41, 5.74) is 0.0383. The summed E-state index contributed by atoms with van der Waals surface area (Å²) in [6.45, 7) is 0.0279. The van der Waals surface area contributed by atoms with Crippen molar-refractivity contribution in [3.63, 3.8) is 0 Å². The Kier molecular flexibility index (Phi) is 9.02. The van der Waals surface area contributed by atoms with Gasteiger partial charge in [0.2, 0.25) is 5.91 Å². The lowest BCUT2D eigenvalue weighted by atomic mass is 9.77. The van der Waals surface area contributed by atoms with Crippen LogP contribution in [0.3, 0.4) is 0 Å². The fraction of sp³-hybridized carbons (Fsp3) is 0.333. The quantitative estimate of drug-likeness (QED) is 0.358. The molecule has 11 heteroatoms. The van der Waals surface area contributed by atoms with Crippen molar-refractivity contribution in [2.75, 3.05) is 20.3 Å². The first-order chi connectivity index (χ1) is 14.0. The van der Waals surface area contributed by atoms with Crippen LogP contribution < -0.4 is 15.4 Å². The van der Waals surface area contributed by atoms with Gasteiger partial charge >= 0.3 is 7.12 Å². The number of carbonyl (C=O) groups excluding carboxylic acids is 2. The highest BCUT2D eigenvalue weighted by Crippen LogP contribution is 2.09. The predicted octanol–water partition coefficient (Wildman–Crippen LogP) is -0.813. The third kappa shape index (κ3) is 7.49. The number of ether oxygens (including phenoxy) is 2. The lowest BCUT2D eigenvalue weighted by Gasteiger charge is -2.22. The van der Waals surface area contributed by atoms with E-state index in [1.54, 1.807) is 12.1 Å². The van der Waals surface area contributed by atoms with E-state index in [0.29, 0.717) is 5.75 Å². The van der Waals surface area contributed by atoms with Crippen molar-refractivity contribution in [1.29, 1.82) is 0 Å². The lowest BCUT2D eigenvalue weighted by Crippen LogP contribution is -2.55. The summed E-state index contributed by atoms with van der Waals surface area (Å²) in [6.07, 6.45) is 4.17. The number of hydrogen-bond donors (Lipinski definition) is 4. The molecule has 0 saturated carbocycles. The molecule has 4 N–H and O–H groups in total. The maximum Gasteiger partial charge on any atom is 0.475 e. The van der Waals surface area contributed by atoms with Gasteiger partial charge in [-0.2, -0.15) is 0 Å². The number of hydrogen-bond acceptors (Lipinski definition) is 8. The number of aromatic nitrogens is 2. The number of para-hydroxylation sites is 1. The number of carbonyl (C=O) groups is 2. The minimum atomic E-state index is -1.81. The summed E-state index contributed by atoms with van der Waals surface area (Å²) in [7, 11) is -0.432. The van der Waals surface area contributed by atoms with Gasteiger partial charge in [-0.05, 0) is 12.1 Å². The van der Waals surface area contributed by atoms with Gasteiger partial charge in [0, 0.05) is 25.9 Å². The minimum absolute atomic E-state index is 0.0383. The topological polar surface area (TPSA) is 143 Å². The zero-order valence-corrected chi connectivity index (χ0v) is 15.9. The highest BCUT2D eigenvalue weighted by Gasteiger charge is 2.29. The van der Waals surface area contributed by atoms with E-state index in [1.165, 1.54) is 25.7 Å². The monoisotopic (exact) mass is 402 g/mol. The summed E-state index contributed by atoms with van der Waals surface area (Å²) in [4.78, 5) is 32.4. The summed E-state index contributed by atoms with van der Waals surface area (Å²) in [5.74, 6) is -1.62. The molecule has 29 heavy (non-hydrogen) atoms. The third-order valence-corrected chi connectivity index (χ3v) is 3.88. The van der Waals surface area contributed by atoms with Gasteiger partial charge < -0.3 is 30.2 Å². The molecule has 2 amide bonds. The van der Waals surface area contributed by atoms with Crippen LogP contribution >= 0.6 is 0 Å². The van der Waals surface area contributed by atoms with Gasteiger partial charge in [-0.1, -0.05) is 18.2 Å². The first-order valence-electron chi connectivity index (χ1n) is 8.91. The van der Waals surface area contributed by atoms with E-state index in [-0.39, 0.29) is 25.3 Å². The van der Waals surface area contributed by atoms with Crippen LogP contribution in [-0.2, 0) is 9.53 Å². The zero-order valence-electron chi connectivity index (χ0n) is 15.9. The number of nitrogens with one attached hydrogen (secondary N) is 2. The largest absolute Gasteiger partial charge is 0.494 e. The van der Waals surface area contributed by atoms with Crippen LogP contribution in [0.15, 0.2) is 48.9 Å². The number of benzene rings is 1. The number of methoxy groups -OCH3 is 1. The second kappa shape index (κ2) is 11.7. The molecule has 0 bridgehead atoms. The maximum atomic E-state index is 12.5. The maximum absolute atomic E-state index is 12.5. The number of nitrogens with zero attached hydrogens (tertiary/aromatic N) is 2. The Morgan fingerprint density at radius 3 is 2.55 bits per heavy atom. The van der Waals surface area contributed by atoms with Gasteiger partial charge in [-0.15, -0.1) is 0 Å². The van der Waals surface area contributed by atoms with E-state index < -0.39 is 30.9 Å². The Morgan fingerprint density at radius 2 is 1.93 bits per heavy atom. The highest BCUT2D eigenvalue weighted by molar-refractivity contribution is 6.43. The van der Waals surface area contributed by atoms with E-state index in [4.69, 9.17) is 9.47 Å². The summed E-state index contributed by atoms with van der Waals surface area (Å²) >= 11 is 0. The molecule has 0 aliphatic rings. The fourth-order valence-corrected chi connectivity index (χ4v) is 2.40. The van der Waals surface area contributed by atoms with E-state index in [2.05, 4.69) is 20.6 Å². The van der Waals surface area contributed by atoms with Crippen molar-refractivity contribution in [2.45, 2.75) is 18.4 Å². The highest BCUT2D eigenvalue weighted by atomic mass is 16.5. The molecule has 1 heterocycles. The van der Waals surface area contributed by atoms with Crippen LogP contribution in [-0.4, -0.2) is 71.3 Å². The molecule has 0 saturated heterocycles. The molecule has 2 aromatic rings. The second-order valence-corrected chi connectivity index (χ2v) is 6.05. The first-order valence-corrected chi connectivity index (χ1v) is 8.91. The standard InChI is InChI=1S/C18H23BN4O6/c1-28-12-15(22-17(24)14-11-20-8-9-21-14)18(25)23-16(19(26)27)7-10-29-13-5-3-2-4-6-13/h2-6,8-9,11,15-16,26-27H,7,10,12H2,1H3,(H,22,24)(H,23,25). The molecule has 0 spiro atoms. The molecule has 1 aromatic heterocycles. The van der Waals surface area contributed by atoms with Crippen molar-refractivity contribution in [2.24, 2.45) is 0 Å². The van der Waals surface area contributed by atoms with Gasteiger partial charge in [0.1, 0.15) is 17.5 Å². The van der Waals surface area contributed by atoms with Crippen LogP contribution in [0, 0.1) is 0 Å². The Bertz CT molecular complexity index is 765. The van der Waals surface area contributed by atoms with Crippen LogP contribution in [0.2, 0.25) is 0 Å². The average Bonchev–Trinajstić information content (AvgIpc) is 2.73. The fourth-order valence-electron chi connectivity index (χ4n) is 2.40. The van der Waals surface area contributed by atoms with Gasteiger partial charge in [-0.25, -0.2) is 4.98 Å². The molecule has 0 aliphatic heterocycles. The molecule has 154 valence electrons. The molecule has 1 aromatic carbocycles. The molecule has 0 aliphatic carbocycles. The molecule has 10 nitrogen and oxygen atoms in total. The van der Waals surface area contributed by atoms with E-state index >= 15 is 0 Å². The van der Waals surface area contributed by atoms with Crippen LogP contribution in [0.25, 0.3) is 0 Å². The second-order valence-electron chi connectivity index (χ2n) is 6.05. The summed E-state index contributed by atoms with van der Waals surface area (Å²) in [5, 5.41) is 24.1. The Balaban J connectivity index is 1.92. The Morgan fingerprint density at radius 1 is 1.17 bits per heavy atom.